The zero-order valence-corrected chi connectivity index (χ0v) is 13.1. The van der Waals surface area contributed by atoms with Crippen molar-refractivity contribution in [2.24, 2.45) is 0 Å². The van der Waals surface area contributed by atoms with Crippen LogP contribution in [0, 0.1) is 23.7 Å². The Kier molecular flexibility index (Phi) is 4.22. The predicted octanol–water partition coefficient (Wildman–Crippen LogP) is 5.25. The summed E-state index contributed by atoms with van der Waals surface area (Å²) in [4.78, 5) is 2.43. The molecule has 0 nitrogen and oxygen atoms in total. The highest BCUT2D eigenvalue weighted by atomic mass is 32.1. The molecule has 0 aliphatic heterocycles. The van der Waals surface area contributed by atoms with Gasteiger partial charge in [0.15, 0.2) is 0 Å². The lowest BCUT2D eigenvalue weighted by Gasteiger charge is -1.96. The van der Waals surface area contributed by atoms with Crippen LogP contribution in [-0.2, 0) is 0 Å². The van der Waals surface area contributed by atoms with Crippen LogP contribution in [0.25, 0.3) is 9.75 Å². The van der Waals surface area contributed by atoms with Gasteiger partial charge in [-0.05, 0) is 41.9 Å². The Labute approximate surface area is 133 Å². The highest BCUT2D eigenvalue weighted by Crippen LogP contribution is 2.35. The third kappa shape index (κ3) is 3.09. The third-order valence-electron chi connectivity index (χ3n) is 2.91. The van der Waals surface area contributed by atoms with Gasteiger partial charge in [0, 0.05) is 16.7 Å². The molecule has 21 heavy (non-hydrogen) atoms. The lowest BCUT2D eigenvalue weighted by Crippen LogP contribution is -1.78. The van der Waals surface area contributed by atoms with E-state index in [0.717, 1.165) is 16.7 Å². The Hall–Kier alpha value is -2.26. The van der Waals surface area contributed by atoms with Crippen LogP contribution in [-0.4, -0.2) is 0 Å². The van der Waals surface area contributed by atoms with Gasteiger partial charge >= 0.3 is 0 Å². The van der Waals surface area contributed by atoms with E-state index in [4.69, 9.17) is 0 Å². The minimum atomic E-state index is 1.04. The van der Waals surface area contributed by atoms with Crippen LogP contribution >= 0.6 is 22.7 Å². The SMILES string of the molecule is CC#Cc1ccsc1-c1sccc1C#Cc1ccccc1. The molecule has 0 radical (unpaired) electrons. The first-order valence-electron chi connectivity index (χ1n) is 6.53. The van der Waals surface area contributed by atoms with Crippen LogP contribution in [0.2, 0.25) is 0 Å². The molecule has 0 saturated carbocycles. The fraction of sp³-hybridized carbons (Fsp3) is 0.0526. The molecule has 0 saturated heterocycles. The fourth-order valence-electron chi connectivity index (χ4n) is 1.96. The summed E-state index contributed by atoms with van der Waals surface area (Å²) in [5, 5.41) is 4.18. The molecule has 0 aliphatic carbocycles. The smallest absolute Gasteiger partial charge is 0.0611 e. The third-order valence-corrected chi connectivity index (χ3v) is 4.90. The van der Waals surface area contributed by atoms with Gasteiger partial charge in [0.05, 0.1) is 9.75 Å². The minimum absolute atomic E-state index is 1.04. The second-order valence-corrected chi connectivity index (χ2v) is 6.15. The molecular weight excluding hydrogens is 292 g/mol. The van der Waals surface area contributed by atoms with Gasteiger partial charge in [-0.25, -0.2) is 0 Å². The highest BCUT2D eigenvalue weighted by molar-refractivity contribution is 7.20. The maximum atomic E-state index is 3.29. The molecule has 2 heteroatoms. The van der Waals surface area contributed by atoms with Crippen molar-refractivity contribution < 1.29 is 0 Å². The topological polar surface area (TPSA) is 0 Å². The Bertz CT molecular complexity index is 859. The number of rotatable bonds is 1. The van der Waals surface area contributed by atoms with Crippen LogP contribution < -0.4 is 0 Å². The van der Waals surface area contributed by atoms with Gasteiger partial charge in [-0.15, -0.1) is 28.6 Å². The summed E-state index contributed by atoms with van der Waals surface area (Å²) in [5.41, 5.74) is 3.20. The van der Waals surface area contributed by atoms with Crippen LogP contribution in [0.4, 0.5) is 0 Å². The predicted molar refractivity (Wildman–Crippen MR) is 92.6 cm³/mol. The van der Waals surface area contributed by atoms with E-state index >= 15 is 0 Å². The number of benzene rings is 1. The van der Waals surface area contributed by atoms with Gasteiger partial charge in [0.2, 0.25) is 0 Å². The number of hydrogen-bond donors (Lipinski definition) is 0. The van der Waals surface area contributed by atoms with E-state index in [1.54, 1.807) is 22.7 Å². The minimum Gasteiger partial charge on any atom is -0.142 e. The first-order valence-corrected chi connectivity index (χ1v) is 8.29. The Morgan fingerprint density at radius 3 is 1.95 bits per heavy atom. The molecule has 0 spiro atoms. The molecule has 0 fully saturated rings. The molecule has 0 unspecified atom stereocenters. The second kappa shape index (κ2) is 6.46. The maximum Gasteiger partial charge on any atom is 0.0611 e. The summed E-state index contributed by atoms with van der Waals surface area (Å²) in [5.74, 6) is 12.7. The average molecular weight is 304 g/mol. The van der Waals surface area contributed by atoms with Gasteiger partial charge in [0.25, 0.3) is 0 Å². The zero-order chi connectivity index (χ0) is 14.5. The summed E-state index contributed by atoms with van der Waals surface area (Å²) in [6, 6.07) is 14.2. The second-order valence-electron chi connectivity index (χ2n) is 4.32. The van der Waals surface area contributed by atoms with E-state index in [1.807, 2.05) is 37.3 Å². The van der Waals surface area contributed by atoms with Gasteiger partial charge in [0.1, 0.15) is 0 Å². The summed E-state index contributed by atoms with van der Waals surface area (Å²) < 4.78 is 0. The molecular formula is C19H12S2. The van der Waals surface area contributed by atoms with Gasteiger partial charge < -0.3 is 0 Å². The Morgan fingerprint density at radius 1 is 0.714 bits per heavy atom. The first-order chi connectivity index (χ1) is 10.4. The monoisotopic (exact) mass is 304 g/mol. The molecule has 0 N–H and O–H groups in total. The quantitative estimate of drug-likeness (QED) is 0.539. The Balaban J connectivity index is 2.00. The molecule has 100 valence electrons. The highest BCUT2D eigenvalue weighted by Gasteiger charge is 2.10. The molecule has 1 aromatic carbocycles. The summed E-state index contributed by atoms with van der Waals surface area (Å²) >= 11 is 3.45. The lowest BCUT2D eigenvalue weighted by atomic mass is 10.1. The summed E-state index contributed by atoms with van der Waals surface area (Å²) in [6.45, 7) is 1.87. The molecule has 2 aromatic heterocycles. The zero-order valence-electron chi connectivity index (χ0n) is 11.5. The van der Waals surface area contributed by atoms with Crippen LogP contribution in [0.5, 0.6) is 0 Å². The van der Waals surface area contributed by atoms with E-state index in [-0.39, 0.29) is 0 Å². The van der Waals surface area contributed by atoms with E-state index < -0.39 is 0 Å². The van der Waals surface area contributed by atoms with Crippen molar-refractivity contribution in [2.45, 2.75) is 6.92 Å². The van der Waals surface area contributed by atoms with Crippen LogP contribution in [0.15, 0.2) is 53.2 Å². The molecule has 0 atom stereocenters. The van der Waals surface area contributed by atoms with Crippen molar-refractivity contribution in [3.05, 3.63) is 69.9 Å². The Morgan fingerprint density at radius 2 is 1.33 bits per heavy atom. The molecule has 3 aromatic rings. The van der Waals surface area contributed by atoms with Crippen molar-refractivity contribution in [1.29, 1.82) is 0 Å². The molecule has 0 amide bonds. The van der Waals surface area contributed by atoms with E-state index in [9.17, 15) is 0 Å². The van der Waals surface area contributed by atoms with E-state index in [2.05, 4.69) is 46.6 Å². The van der Waals surface area contributed by atoms with Gasteiger partial charge in [-0.2, -0.15) is 0 Å². The molecule has 2 heterocycles. The average Bonchev–Trinajstić information content (AvgIpc) is 3.15. The van der Waals surface area contributed by atoms with Crippen molar-refractivity contribution in [3.63, 3.8) is 0 Å². The maximum absolute atomic E-state index is 3.29. The largest absolute Gasteiger partial charge is 0.142 e. The van der Waals surface area contributed by atoms with E-state index in [1.165, 1.54) is 9.75 Å². The van der Waals surface area contributed by atoms with E-state index in [0.29, 0.717) is 0 Å². The summed E-state index contributed by atoms with van der Waals surface area (Å²) in [7, 11) is 0. The van der Waals surface area contributed by atoms with Crippen LogP contribution in [0.3, 0.4) is 0 Å². The molecule has 3 rings (SSSR count). The standard InChI is InChI=1S/C19H12S2/c1-2-6-16-11-13-20-18(16)19-17(12-14-21-19)10-9-15-7-4-3-5-8-15/h3-5,7-8,11-14H,1H3. The summed E-state index contributed by atoms with van der Waals surface area (Å²) in [6.07, 6.45) is 0. The van der Waals surface area contributed by atoms with Crippen molar-refractivity contribution in [3.8, 4) is 33.4 Å². The first kappa shape index (κ1) is 13.7. The lowest BCUT2D eigenvalue weighted by molar-refractivity contribution is 1.65. The van der Waals surface area contributed by atoms with Gasteiger partial charge in [-0.3, -0.25) is 0 Å². The molecule has 0 aliphatic rings. The van der Waals surface area contributed by atoms with Crippen molar-refractivity contribution >= 4 is 22.7 Å². The van der Waals surface area contributed by atoms with Crippen molar-refractivity contribution in [1.82, 2.24) is 0 Å². The number of thiophene rings is 2. The normalized spacial score (nSPS) is 9.38. The van der Waals surface area contributed by atoms with Gasteiger partial charge in [-0.1, -0.05) is 36.0 Å². The number of hydrogen-bond acceptors (Lipinski definition) is 2. The van der Waals surface area contributed by atoms with Crippen LogP contribution in [0.1, 0.15) is 23.6 Å². The fourth-order valence-corrected chi connectivity index (χ4v) is 3.86. The van der Waals surface area contributed by atoms with Crippen molar-refractivity contribution in [2.75, 3.05) is 0 Å². The molecule has 0 bridgehead atoms.